The van der Waals surface area contributed by atoms with Crippen molar-refractivity contribution >= 4 is 17.0 Å². The molecule has 0 saturated carbocycles. The van der Waals surface area contributed by atoms with Crippen molar-refractivity contribution in [3.63, 3.8) is 0 Å². The molecule has 13 heavy (non-hydrogen) atoms. The van der Waals surface area contributed by atoms with Crippen LogP contribution in [0.5, 0.6) is 5.75 Å². The minimum absolute atomic E-state index is 0.673. The van der Waals surface area contributed by atoms with Gasteiger partial charge < -0.3 is 4.74 Å². The lowest BCUT2D eigenvalue weighted by Crippen LogP contribution is -1.99. The molecule has 1 aromatic rings. The van der Waals surface area contributed by atoms with Gasteiger partial charge in [-0.05, 0) is 23.9 Å². The SMILES string of the molecule is C=C1CN=C(Oc2ccccc2)S1. The third-order valence-corrected chi connectivity index (χ3v) is 2.37. The number of hydrogen-bond donors (Lipinski definition) is 0. The molecule has 0 atom stereocenters. The average molecular weight is 191 g/mol. The molecule has 0 fully saturated rings. The maximum Gasteiger partial charge on any atom is 0.256 e. The van der Waals surface area contributed by atoms with E-state index in [2.05, 4.69) is 11.6 Å². The smallest absolute Gasteiger partial charge is 0.256 e. The van der Waals surface area contributed by atoms with Gasteiger partial charge in [0.05, 0.1) is 6.54 Å². The Kier molecular flexibility index (Phi) is 2.36. The minimum atomic E-state index is 0.673. The summed E-state index contributed by atoms with van der Waals surface area (Å²) in [4.78, 5) is 5.20. The Bertz CT molecular complexity index is 345. The first-order valence-corrected chi connectivity index (χ1v) is 4.79. The van der Waals surface area contributed by atoms with E-state index in [0.717, 1.165) is 10.7 Å². The standard InChI is InChI=1S/C10H9NOS/c1-8-7-11-10(13-8)12-9-5-3-2-4-6-9/h2-6H,1,7H2. The molecule has 2 rings (SSSR count). The first kappa shape index (κ1) is 8.38. The maximum absolute atomic E-state index is 5.50. The van der Waals surface area contributed by atoms with Gasteiger partial charge in [0.25, 0.3) is 5.23 Å². The molecule has 0 unspecified atom stereocenters. The summed E-state index contributed by atoms with van der Waals surface area (Å²) in [7, 11) is 0. The second-order valence-electron chi connectivity index (χ2n) is 2.64. The van der Waals surface area contributed by atoms with Crippen molar-refractivity contribution in [2.24, 2.45) is 4.99 Å². The van der Waals surface area contributed by atoms with Gasteiger partial charge in [0.2, 0.25) is 0 Å². The highest BCUT2D eigenvalue weighted by Gasteiger charge is 2.12. The third-order valence-electron chi connectivity index (χ3n) is 1.56. The third kappa shape index (κ3) is 2.12. The van der Waals surface area contributed by atoms with Gasteiger partial charge in [-0.15, -0.1) is 0 Å². The fourth-order valence-corrected chi connectivity index (χ4v) is 1.63. The number of ether oxygens (including phenoxy) is 1. The molecular weight excluding hydrogens is 182 g/mol. The Morgan fingerprint density at radius 3 is 2.69 bits per heavy atom. The highest BCUT2D eigenvalue weighted by Crippen LogP contribution is 2.25. The fraction of sp³-hybridized carbons (Fsp3) is 0.100. The van der Waals surface area contributed by atoms with Crippen molar-refractivity contribution < 1.29 is 4.74 Å². The van der Waals surface area contributed by atoms with Crippen LogP contribution in [0.25, 0.3) is 0 Å². The van der Waals surface area contributed by atoms with Gasteiger partial charge in [-0.3, -0.25) is 0 Å². The Morgan fingerprint density at radius 1 is 1.31 bits per heavy atom. The summed E-state index contributed by atoms with van der Waals surface area (Å²) in [5, 5.41) is 0.691. The van der Waals surface area contributed by atoms with Gasteiger partial charge in [-0.25, -0.2) is 4.99 Å². The first-order chi connectivity index (χ1) is 6.34. The van der Waals surface area contributed by atoms with Gasteiger partial charge in [0, 0.05) is 4.91 Å². The van der Waals surface area contributed by atoms with Gasteiger partial charge in [0.15, 0.2) is 0 Å². The Morgan fingerprint density at radius 2 is 2.08 bits per heavy atom. The van der Waals surface area contributed by atoms with Crippen LogP contribution in [-0.2, 0) is 0 Å². The number of benzene rings is 1. The van der Waals surface area contributed by atoms with E-state index < -0.39 is 0 Å². The van der Waals surface area contributed by atoms with Crippen LogP contribution in [0, 0.1) is 0 Å². The number of para-hydroxylation sites is 1. The van der Waals surface area contributed by atoms with E-state index in [-0.39, 0.29) is 0 Å². The van der Waals surface area contributed by atoms with E-state index in [9.17, 15) is 0 Å². The summed E-state index contributed by atoms with van der Waals surface area (Å²) in [6, 6.07) is 9.64. The van der Waals surface area contributed by atoms with E-state index >= 15 is 0 Å². The Hall–Kier alpha value is -1.22. The van der Waals surface area contributed by atoms with Gasteiger partial charge in [-0.2, -0.15) is 0 Å². The first-order valence-electron chi connectivity index (χ1n) is 3.97. The maximum atomic E-state index is 5.50. The number of rotatable bonds is 1. The molecule has 3 heteroatoms. The van der Waals surface area contributed by atoms with Crippen molar-refractivity contribution in [1.82, 2.24) is 0 Å². The van der Waals surface area contributed by atoms with Crippen LogP contribution in [0.4, 0.5) is 0 Å². The molecule has 1 aliphatic heterocycles. The number of aliphatic imine (C=N–C) groups is 1. The fourth-order valence-electron chi connectivity index (χ4n) is 0.983. The quantitative estimate of drug-likeness (QED) is 0.680. The molecule has 0 aliphatic carbocycles. The highest BCUT2D eigenvalue weighted by molar-refractivity contribution is 8.17. The zero-order valence-corrected chi connectivity index (χ0v) is 7.88. The monoisotopic (exact) mass is 191 g/mol. The summed E-state index contributed by atoms with van der Waals surface area (Å²) < 4.78 is 5.50. The van der Waals surface area contributed by atoms with E-state index in [1.807, 2.05) is 30.3 Å². The topological polar surface area (TPSA) is 21.6 Å². The molecule has 1 aliphatic rings. The van der Waals surface area contributed by atoms with Crippen molar-refractivity contribution in [3.05, 3.63) is 41.8 Å². The second-order valence-corrected chi connectivity index (χ2v) is 3.77. The van der Waals surface area contributed by atoms with Crippen LogP contribution in [-0.4, -0.2) is 11.8 Å². The lowest BCUT2D eigenvalue weighted by atomic mass is 10.3. The Labute approximate surface area is 81.3 Å². The molecule has 0 aromatic heterocycles. The van der Waals surface area contributed by atoms with Crippen molar-refractivity contribution in [2.45, 2.75) is 0 Å². The number of thioether (sulfide) groups is 1. The van der Waals surface area contributed by atoms with Crippen LogP contribution < -0.4 is 4.74 Å². The molecule has 1 aromatic carbocycles. The Balaban J connectivity index is 2.04. The molecule has 0 saturated heterocycles. The second kappa shape index (κ2) is 3.66. The summed E-state index contributed by atoms with van der Waals surface area (Å²) in [5.41, 5.74) is 0. The van der Waals surface area contributed by atoms with Crippen LogP contribution in [0.1, 0.15) is 0 Å². The average Bonchev–Trinajstić information content (AvgIpc) is 2.53. The predicted octanol–water partition coefficient (Wildman–Crippen LogP) is 2.68. The number of hydrogen-bond acceptors (Lipinski definition) is 3. The zero-order chi connectivity index (χ0) is 9.10. The largest absolute Gasteiger partial charge is 0.434 e. The molecule has 0 N–H and O–H groups in total. The predicted molar refractivity (Wildman–Crippen MR) is 56.1 cm³/mol. The van der Waals surface area contributed by atoms with E-state index in [1.54, 1.807) is 0 Å². The summed E-state index contributed by atoms with van der Waals surface area (Å²) in [6.45, 7) is 4.49. The lowest BCUT2D eigenvalue weighted by molar-refractivity contribution is 0.566. The molecule has 0 radical (unpaired) electrons. The highest BCUT2D eigenvalue weighted by atomic mass is 32.2. The molecule has 0 spiro atoms. The van der Waals surface area contributed by atoms with Crippen molar-refractivity contribution in [3.8, 4) is 5.75 Å². The van der Waals surface area contributed by atoms with Crippen molar-refractivity contribution in [1.29, 1.82) is 0 Å². The van der Waals surface area contributed by atoms with Gasteiger partial charge in [-0.1, -0.05) is 24.8 Å². The van der Waals surface area contributed by atoms with E-state index in [1.165, 1.54) is 11.8 Å². The molecule has 1 heterocycles. The molecule has 0 bridgehead atoms. The van der Waals surface area contributed by atoms with Crippen LogP contribution in [0.2, 0.25) is 0 Å². The number of nitrogens with zero attached hydrogens (tertiary/aromatic N) is 1. The summed E-state index contributed by atoms with van der Waals surface area (Å²) in [5.74, 6) is 0.823. The van der Waals surface area contributed by atoms with E-state index in [0.29, 0.717) is 11.8 Å². The molecule has 66 valence electrons. The van der Waals surface area contributed by atoms with E-state index in [4.69, 9.17) is 4.74 Å². The summed E-state index contributed by atoms with van der Waals surface area (Å²) in [6.07, 6.45) is 0. The van der Waals surface area contributed by atoms with Crippen LogP contribution in [0.15, 0.2) is 46.8 Å². The molecule has 2 nitrogen and oxygen atoms in total. The molecular formula is C10H9NOS. The van der Waals surface area contributed by atoms with Crippen molar-refractivity contribution in [2.75, 3.05) is 6.54 Å². The molecule has 0 amide bonds. The normalized spacial score (nSPS) is 15.7. The van der Waals surface area contributed by atoms with Crippen LogP contribution in [0.3, 0.4) is 0 Å². The minimum Gasteiger partial charge on any atom is -0.434 e. The van der Waals surface area contributed by atoms with Gasteiger partial charge >= 0.3 is 0 Å². The summed E-state index contributed by atoms with van der Waals surface area (Å²) >= 11 is 1.49. The van der Waals surface area contributed by atoms with Crippen LogP contribution >= 0.6 is 11.8 Å². The zero-order valence-electron chi connectivity index (χ0n) is 7.06. The lowest BCUT2D eigenvalue weighted by Gasteiger charge is -2.02. The van der Waals surface area contributed by atoms with Gasteiger partial charge in [0.1, 0.15) is 5.75 Å².